The Bertz CT molecular complexity index is 484. The molecule has 1 aromatic carbocycles. The highest BCUT2D eigenvalue weighted by molar-refractivity contribution is 5.77. The standard InChI is InChI=1S/C16H21FN2O/c17-14-6-4-13(5-7-14)11-19-10-2-9-16(12-19)8-1-3-15(20)18-16/h4-7H,1-3,8-12H2,(H,18,20). The number of hydrogen-bond acceptors (Lipinski definition) is 2. The van der Waals surface area contributed by atoms with Gasteiger partial charge in [-0.3, -0.25) is 9.69 Å². The van der Waals surface area contributed by atoms with Crippen molar-refractivity contribution in [3.8, 4) is 0 Å². The molecule has 1 aromatic rings. The SMILES string of the molecule is O=C1CCCC2(CCCN(Cc3ccc(F)cc3)C2)N1. The Morgan fingerprint density at radius 2 is 1.95 bits per heavy atom. The van der Waals surface area contributed by atoms with Crippen LogP contribution in [0.3, 0.4) is 0 Å². The van der Waals surface area contributed by atoms with Crippen molar-refractivity contribution in [2.75, 3.05) is 13.1 Å². The summed E-state index contributed by atoms with van der Waals surface area (Å²) in [5, 5.41) is 3.22. The predicted molar refractivity (Wildman–Crippen MR) is 75.6 cm³/mol. The first kappa shape index (κ1) is 13.6. The fraction of sp³-hybridized carbons (Fsp3) is 0.562. The minimum absolute atomic E-state index is 0.0202. The van der Waals surface area contributed by atoms with Crippen LogP contribution in [0.15, 0.2) is 24.3 Å². The lowest BCUT2D eigenvalue weighted by atomic mass is 9.81. The number of hydrogen-bond donors (Lipinski definition) is 1. The van der Waals surface area contributed by atoms with Crippen molar-refractivity contribution in [1.29, 1.82) is 0 Å². The maximum Gasteiger partial charge on any atom is 0.220 e. The quantitative estimate of drug-likeness (QED) is 0.900. The zero-order valence-electron chi connectivity index (χ0n) is 11.7. The van der Waals surface area contributed by atoms with Crippen LogP contribution in [-0.2, 0) is 11.3 Å². The molecule has 1 unspecified atom stereocenters. The summed E-state index contributed by atoms with van der Waals surface area (Å²) >= 11 is 0. The van der Waals surface area contributed by atoms with Gasteiger partial charge in [-0.1, -0.05) is 12.1 Å². The van der Waals surface area contributed by atoms with Crippen LogP contribution in [0, 0.1) is 5.82 Å². The van der Waals surface area contributed by atoms with Crippen molar-refractivity contribution < 1.29 is 9.18 Å². The Kier molecular flexibility index (Phi) is 3.74. The van der Waals surface area contributed by atoms with Crippen LogP contribution >= 0.6 is 0 Å². The van der Waals surface area contributed by atoms with Gasteiger partial charge in [0.15, 0.2) is 0 Å². The van der Waals surface area contributed by atoms with E-state index in [2.05, 4.69) is 10.2 Å². The van der Waals surface area contributed by atoms with Crippen LogP contribution in [0.4, 0.5) is 4.39 Å². The van der Waals surface area contributed by atoms with Crippen LogP contribution in [0.5, 0.6) is 0 Å². The lowest BCUT2D eigenvalue weighted by Crippen LogP contribution is -2.60. The minimum Gasteiger partial charge on any atom is -0.349 e. The van der Waals surface area contributed by atoms with Crippen molar-refractivity contribution >= 4 is 5.91 Å². The zero-order valence-corrected chi connectivity index (χ0v) is 11.7. The Balaban J connectivity index is 1.65. The van der Waals surface area contributed by atoms with Crippen LogP contribution in [0.2, 0.25) is 0 Å². The van der Waals surface area contributed by atoms with Gasteiger partial charge in [-0.05, 0) is 49.9 Å². The Labute approximate surface area is 119 Å². The zero-order chi connectivity index (χ0) is 14.0. The highest BCUT2D eigenvalue weighted by Gasteiger charge is 2.38. The molecule has 2 saturated heterocycles. The number of nitrogens with one attached hydrogen (secondary N) is 1. The molecule has 3 nitrogen and oxygen atoms in total. The van der Waals surface area contributed by atoms with Crippen molar-refractivity contribution in [1.82, 2.24) is 10.2 Å². The largest absolute Gasteiger partial charge is 0.349 e. The molecule has 2 aliphatic rings. The smallest absolute Gasteiger partial charge is 0.220 e. The molecule has 2 heterocycles. The molecule has 2 fully saturated rings. The second-order valence-corrected chi connectivity index (χ2v) is 6.12. The van der Waals surface area contributed by atoms with Gasteiger partial charge in [0.25, 0.3) is 0 Å². The van der Waals surface area contributed by atoms with E-state index in [1.165, 1.54) is 12.1 Å². The van der Waals surface area contributed by atoms with Crippen molar-refractivity contribution in [2.45, 2.75) is 44.2 Å². The number of carbonyl (C=O) groups is 1. The number of likely N-dealkylation sites (tertiary alicyclic amines) is 1. The number of piperidine rings is 2. The molecule has 1 N–H and O–H groups in total. The molecule has 1 amide bonds. The monoisotopic (exact) mass is 276 g/mol. The second-order valence-electron chi connectivity index (χ2n) is 6.12. The van der Waals surface area contributed by atoms with E-state index in [0.717, 1.165) is 50.9 Å². The number of nitrogens with zero attached hydrogens (tertiary/aromatic N) is 1. The first-order chi connectivity index (χ1) is 9.65. The summed E-state index contributed by atoms with van der Waals surface area (Å²) in [6, 6.07) is 6.71. The summed E-state index contributed by atoms with van der Waals surface area (Å²) in [7, 11) is 0. The van der Waals surface area contributed by atoms with Gasteiger partial charge in [0.2, 0.25) is 5.91 Å². The van der Waals surface area contributed by atoms with Crippen LogP contribution in [-0.4, -0.2) is 29.4 Å². The minimum atomic E-state index is -0.191. The first-order valence-electron chi connectivity index (χ1n) is 7.43. The van der Waals surface area contributed by atoms with Crippen molar-refractivity contribution in [2.24, 2.45) is 0 Å². The molecule has 4 heteroatoms. The fourth-order valence-electron chi connectivity index (χ4n) is 3.52. The Hall–Kier alpha value is -1.42. The van der Waals surface area contributed by atoms with Gasteiger partial charge < -0.3 is 5.32 Å². The lowest BCUT2D eigenvalue weighted by Gasteiger charge is -2.45. The molecule has 108 valence electrons. The van der Waals surface area contributed by atoms with E-state index in [4.69, 9.17) is 0 Å². The van der Waals surface area contributed by atoms with Gasteiger partial charge in [-0.25, -0.2) is 4.39 Å². The molecule has 0 aromatic heterocycles. The molecule has 20 heavy (non-hydrogen) atoms. The third-order valence-corrected chi connectivity index (χ3v) is 4.44. The van der Waals surface area contributed by atoms with Gasteiger partial charge in [-0.15, -0.1) is 0 Å². The van der Waals surface area contributed by atoms with Crippen molar-refractivity contribution in [3.63, 3.8) is 0 Å². The molecule has 0 bridgehead atoms. The van der Waals surface area contributed by atoms with E-state index >= 15 is 0 Å². The topological polar surface area (TPSA) is 32.3 Å². The lowest BCUT2D eigenvalue weighted by molar-refractivity contribution is -0.126. The predicted octanol–water partition coefficient (Wildman–Crippen LogP) is 2.46. The highest BCUT2D eigenvalue weighted by Crippen LogP contribution is 2.30. The summed E-state index contributed by atoms with van der Waals surface area (Å²) in [6.45, 7) is 2.79. The van der Waals surface area contributed by atoms with Gasteiger partial charge in [0.05, 0.1) is 5.54 Å². The van der Waals surface area contributed by atoms with E-state index in [-0.39, 0.29) is 17.3 Å². The number of amides is 1. The van der Waals surface area contributed by atoms with Gasteiger partial charge >= 0.3 is 0 Å². The molecule has 2 aliphatic heterocycles. The van der Waals surface area contributed by atoms with Gasteiger partial charge in [0, 0.05) is 19.5 Å². The summed E-state index contributed by atoms with van der Waals surface area (Å²) in [5.41, 5.74) is 1.11. The summed E-state index contributed by atoms with van der Waals surface area (Å²) in [4.78, 5) is 14.0. The first-order valence-corrected chi connectivity index (χ1v) is 7.43. The number of rotatable bonds is 2. The summed E-state index contributed by atoms with van der Waals surface area (Å²) < 4.78 is 12.9. The third kappa shape index (κ3) is 3.01. The van der Waals surface area contributed by atoms with Crippen LogP contribution in [0.1, 0.15) is 37.7 Å². The molecule has 1 atom stereocenters. The Morgan fingerprint density at radius 1 is 1.20 bits per heavy atom. The molecule has 0 saturated carbocycles. The van der Waals surface area contributed by atoms with E-state index in [1.807, 2.05) is 12.1 Å². The number of halogens is 1. The van der Waals surface area contributed by atoms with E-state index in [9.17, 15) is 9.18 Å². The average molecular weight is 276 g/mol. The Morgan fingerprint density at radius 3 is 2.70 bits per heavy atom. The maximum absolute atomic E-state index is 12.9. The average Bonchev–Trinajstić information content (AvgIpc) is 2.41. The summed E-state index contributed by atoms with van der Waals surface area (Å²) in [5.74, 6) is 0.00305. The molecular weight excluding hydrogens is 255 g/mol. The van der Waals surface area contributed by atoms with Gasteiger partial charge in [0.1, 0.15) is 5.82 Å². The van der Waals surface area contributed by atoms with Crippen molar-refractivity contribution in [3.05, 3.63) is 35.6 Å². The third-order valence-electron chi connectivity index (χ3n) is 4.44. The highest BCUT2D eigenvalue weighted by atomic mass is 19.1. The molecule has 0 aliphatic carbocycles. The molecular formula is C16H21FN2O. The number of carbonyl (C=O) groups excluding carboxylic acids is 1. The fourth-order valence-corrected chi connectivity index (χ4v) is 3.52. The van der Waals surface area contributed by atoms with Crippen LogP contribution in [0.25, 0.3) is 0 Å². The molecule has 3 rings (SSSR count). The van der Waals surface area contributed by atoms with Crippen LogP contribution < -0.4 is 5.32 Å². The second kappa shape index (κ2) is 5.52. The molecule has 0 radical (unpaired) electrons. The molecule has 1 spiro atoms. The van der Waals surface area contributed by atoms with E-state index in [1.54, 1.807) is 0 Å². The summed E-state index contributed by atoms with van der Waals surface area (Å²) in [6.07, 6.45) is 4.94. The normalized spacial score (nSPS) is 27.6. The van der Waals surface area contributed by atoms with E-state index in [0.29, 0.717) is 6.42 Å². The number of benzene rings is 1. The maximum atomic E-state index is 12.9. The van der Waals surface area contributed by atoms with E-state index < -0.39 is 0 Å². The van der Waals surface area contributed by atoms with Gasteiger partial charge in [-0.2, -0.15) is 0 Å².